The van der Waals surface area contributed by atoms with Crippen LogP contribution in [-0.2, 0) is 24.6 Å². The van der Waals surface area contributed by atoms with E-state index in [-0.39, 0.29) is 19.8 Å². The Labute approximate surface area is 294 Å². The molecule has 0 saturated carbocycles. The lowest BCUT2D eigenvalue weighted by Gasteiger charge is -2.19. The summed E-state index contributed by atoms with van der Waals surface area (Å²) in [6, 6.07) is 26.5. The Morgan fingerprint density at radius 2 is 1.63 bits per heavy atom. The van der Waals surface area contributed by atoms with E-state index in [1.807, 2.05) is 24.3 Å². The molecule has 1 atom stereocenters. The van der Waals surface area contributed by atoms with Crippen LogP contribution in [0, 0.1) is 25.2 Å². The highest BCUT2D eigenvalue weighted by Crippen LogP contribution is 2.37. The Morgan fingerprint density at radius 1 is 0.939 bits per heavy atom. The number of carboxylic acid groups (broad SMARTS) is 1. The molecule has 0 aliphatic rings. The Bertz CT molecular complexity index is 2000. The number of nitrogens with two attached hydrogens (primary N) is 1. The molecule has 5 N–H and O–H groups in total. The van der Waals surface area contributed by atoms with Crippen LogP contribution < -0.4 is 19.9 Å². The average molecular weight is 695 g/mol. The Kier molecular flexibility index (Phi) is 11.9. The van der Waals surface area contributed by atoms with Gasteiger partial charge in [0.15, 0.2) is 0 Å². The molecule has 0 bridgehead atoms. The van der Waals surface area contributed by atoms with Gasteiger partial charge in [0.25, 0.3) is 0 Å². The molecule has 0 spiro atoms. The molecule has 0 amide bonds. The van der Waals surface area contributed by atoms with Crippen LogP contribution in [-0.4, -0.2) is 33.8 Å². The molecule has 1 heterocycles. The lowest BCUT2D eigenvalue weighted by molar-refractivity contribution is -0.140. The van der Waals surface area contributed by atoms with Crippen molar-refractivity contribution in [2.24, 2.45) is 5.14 Å². The third kappa shape index (κ3) is 8.59. The lowest BCUT2D eigenvalue weighted by Crippen LogP contribution is -2.39. The molecule has 4 aromatic carbocycles. The summed E-state index contributed by atoms with van der Waals surface area (Å²) in [5.41, 5.74) is 9.31. The number of aliphatic hydroxyl groups is 1. The SMILES string of the molecule is Cc1c(COc2cc(OCc3cncc(C#N)c3)c(CNC(CO)C(=O)O)cc2Cl)cccc1-c1cccc(-c2ccc(SN)cc2)c1C. The molecule has 1 unspecified atom stereocenters. The van der Waals surface area contributed by atoms with Crippen molar-refractivity contribution < 1.29 is 24.5 Å². The molecule has 0 fully saturated rings. The van der Waals surface area contributed by atoms with Crippen molar-refractivity contribution >= 4 is 29.5 Å². The Morgan fingerprint density at radius 3 is 2.33 bits per heavy atom. The molecule has 0 radical (unpaired) electrons. The number of carbonyl (C=O) groups is 1. The van der Waals surface area contributed by atoms with E-state index in [0.717, 1.165) is 43.8 Å². The molecule has 0 saturated heterocycles. The average Bonchev–Trinajstić information content (AvgIpc) is 3.11. The molecule has 1 aromatic heterocycles. The van der Waals surface area contributed by atoms with E-state index in [4.69, 9.17) is 26.2 Å². The maximum Gasteiger partial charge on any atom is 0.323 e. The van der Waals surface area contributed by atoms with Crippen LogP contribution in [0.2, 0.25) is 5.02 Å². The fourth-order valence-electron chi connectivity index (χ4n) is 5.45. The van der Waals surface area contributed by atoms with Gasteiger partial charge in [0.2, 0.25) is 0 Å². The quantitative estimate of drug-likeness (QED) is 0.0878. The number of nitriles is 1. The number of ether oxygens (including phenoxy) is 2. The largest absolute Gasteiger partial charge is 0.488 e. The maximum absolute atomic E-state index is 11.5. The van der Waals surface area contributed by atoms with Gasteiger partial charge in [-0.15, -0.1) is 0 Å². The first-order valence-corrected chi connectivity index (χ1v) is 16.6. The second-order valence-electron chi connectivity index (χ2n) is 11.3. The minimum Gasteiger partial charge on any atom is -0.488 e. The number of nitrogens with one attached hydrogen (secondary N) is 1. The number of hydrogen-bond donors (Lipinski definition) is 4. The molecule has 0 aliphatic heterocycles. The smallest absolute Gasteiger partial charge is 0.323 e. The molecule has 250 valence electrons. The van der Waals surface area contributed by atoms with Gasteiger partial charge in [0.1, 0.15) is 36.8 Å². The van der Waals surface area contributed by atoms with E-state index < -0.39 is 18.6 Å². The number of aliphatic hydroxyl groups excluding tert-OH is 1. The second kappa shape index (κ2) is 16.5. The van der Waals surface area contributed by atoms with Gasteiger partial charge in [-0.2, -0.15) is 5.26 Å². The number of benzene rings is 4. The first-order valence-electron chi connectivity index (χ1n) is 15.4. The van der Waals surface area contributed by atoms with E-state index >= 15 is 0 Å². The van der Waals surface area contributed by atoms with E-state index in [1.54, 1.807) is 24.4 Å². The monoisotopic (exact) mass is 694 g/mol. The van der Waals surface area contributed by atoms with Gasteiger partial charge in [-0.25, -0.2) is 0 Å². The molecule has 11 heteroatoms. The molecule has 5 aromatic rings. The van der Waals surface area contributed by atoms with E-state index in [1.165, 1.54) is 18.1 Å². The van der Waals surface area contributed by atoms with Crippen molar-refractivity contribution in [1.82, 2.24) is 10.3 Å². The van der Waals surface area contributed by atoms with Gasteiger partial charge >= 0.3 is 5.97 Å². The number of rotatable bonds is 14. The van der Waals surface area contributed by atoms with E-state index in [0.29, 0.717) is 33.2 Å². The number of aliphatic carboxylic acids is 1. The molecule has 49 heavy (non-hydrogen) atoms. The van der Waals surface area contributed by atoms with Crippen molar-refractivity contribution in [2.75, 3.05) is 6.61 Å². The first kappa shape index (κ1) is 35.4. The summed E-state index contributed by atoms with van der Waals surface area (Å²) in [7, 11) is 0. The summed E-state index contributed by atoms with van der Waals surface area (Å²) in [5, 5.41) is 36.9. The summed E-state index contributed by atoms with van der Waals surface area (Å²) in [6.45, 7) is 3.99. The summed E-state index contributed by atoms with van der Waals surface area (Å²) in [4.78, 5) is 16.6. The minimum atomic E-state index is -1.18. The predicted octanol–water partition coefficient (Wildman–Crippen LogP) is 7.22. The number of halogens is 1. The van der Waals surface area contributed by atoms with Crippen molar-refractivity contribution in [1.29, 1.82) is 5.26 Å². The minimum absolute atomic E-state index is 0.0546. The van der Waals surface area contributed by atoms with Crippen LogP contribution >= 0.6 is 23.5 Å². The third-order valence-electron chi connectivity index (χ3n) is 8.21. The topological polar surface area (TPSA) is 151 Å². The van der Waals surface area contributed by atoms with Gasteiger partial charge in [0.05, 0.1) is 17.2 Å². The van der Waals surface area contributed by atoms with Crippen molar-refractivity contribution in [3.05, 3.63) is 130 Å². The predicted molar refractivity (Wildman–Crippen MR) is 191 cm³/mol. The lowest BCUT2D eigenvalue weighted by atomic mass is 9.89. The zero-order valence-corrected chi connectivity index (χ0v) is 28.5. The Balaban J connectivity index is 1.40. The van der Waals surface area contributed by atoms with Crippen LogP contribution in [0.25, 0.3) is 22.3 Å². The second-order valence-corrected chi connectivity index (χ2v) is 12.4. The van der Waals surface area contributed by atoms with Crippen LogP contribution in [0.4, 0.5) is 0 Å². The molecule has 5 rings (SSSR count). The molecular weight excluding hydrogens is 660 g/mol. The maximum atomic E-state index is 11.5. The summed E-state index contributed by atoms with van der Waals surface area (Å²) in [5.74, 6) is -0.411. The fourth-order valence-corrected chi connectivity index (χ4v) is 5.99. The van der Waals surface area contributed by atoms with Crippen molar-refractivity contribution in [2.45, 2.75) is 44.5 Å². The van der Waals surface area contributed by atoms with Crippen LogP contribution in [0.3, 0.4) is 0 Å². The normalized spacial score (nSPS) is 11.5. The highest BCUT2D eigenvalue weighted by atomic mass is 35.5. The van der Waals surface area contributed by atoms with Gasteiger partial charge in [-0.1, -0.05) is 60.1 Å². The van der Waals surface area contributed by atoms with Crippen LogP contribution in [0.15, 0.2) is 96.2 Å². The van der Waals surface area contributed by atoms with Gasteiger partial charge < -0.3 is 19.7 Å². The number of carboxylic acids is 1. The third-order valence-corrected chi connectivity index (χ3v) is 9.05. The molecule has 0 aliphatic carbocycles. The van der Waals surface area contributed by atoms with Crippen LogP contribution in [0.1, 0.15) is 33.4 Å². The first-order chi connectivity index (χ1) is 23.7. The highest BCUT2D eigenvalue weighted by molar-refractivity contribution is 7.97. The molecule has 9 nitrogen and oxygen atoms in total. The summed E-state index contributed by atoms with van der Waals surface area (Å²) >= 11 is 7.91. The van der Waals surface area contributed by atoms with E-state index in [2.05, 4.69) is 66.6 Å². The van der Waals surface area contributed by atoms with Crippen LogP contribution in [0.5, 0.6) is 11.5 Å². The van der Waals surface area contributed by atoms with Crippen molar-refractivity contribution in [3.8, 4) is 39.8 Å². The van der Waals surface area contributed by atoms with E-state index in [9.17, 15) is 20.3 Å². The zero-order chi connectivity index (χ0) is 34.9. The molecular formula is C38H35ClN4O5S. The summed E-state index contributed by atoms with van der Waals surface area (Å²) in [6.07, 6.45) is 3.06. The highest BCUT2D eigenvalue weighted by Gasteiger charge is 2.19. The van der Waals surface area contributed by atoms with Crippen molar-refractivity contribution in [3.63, 3.8) is 0 Å². The zero-order valence-electron chi connectivity index (χ0n) is 26.9. The van der Waals surface area contributed by atoms with Gasteiger partial charge in [-0.3, -0.25) is 20.2 Å². The number of aromatic nitrogens is 1. The number of pyridine rings is 1. The fraction of sp³-hybridized carbons (Fsp3) is 0.184. The Hall–Kier alpha value is -4.89. The van der Waals surface area contributed by atoms with Gasteiger partial charge in [-0.05, 0) is 89.0 Å². The van der Waals surface area contributed by atoms with Gasteiger partial charge in [0, 0.05) is 41.0 Å². The summed E-state index contributed by atoms with van der Waals surface area (Å²) < 4.78 is 12.4. The standard InChI is InChI=1S/C38H35ClN4O5S/c1-23-28(5-3-7-32(23)33-8-4-6-31(24(33)2)27-9-11-30(49-41)12-10-27)22-48-37-15-36(47-21-26-13-25(16-40)17-42-18-26)29(14-34(37)39)19-43-35(20-44)38(45)46/h3-15,17-18,35,43-44H,19-22,41H2,1-2H3,(H,45,46). The number of hydrogen-bond acceptors (Lipinski definition) is 9. The number of nitrogens with zero attached hydrogens (tertiary/aromatic N) is 2.